The Morgan fingerprint density at radius 3 is 2.80 bits per heavy atom. The molecule has 60 valence electrons. The fourth-order valence-electron chi connectivity index (χ4n) is 0.591. The molecule has 0 rings (SSSR count). The number of hydroxylamine groups is 1. The Balaban J connectivity index is 3.05. The van der Waals surface area contributed by atoms with Crippen molar-refractivity contribution in [2.75, 3.05) is 20.7 Å². The van der Waals surface area contributed by atoms with E-state index < -0.39 is 0 Å². The maximum Gasteiger partial charge on any atom is 0.243 e. The minimum absolute atomic E-state index is 0.0715. The van der Waals surface area contributed by atoms with Crippen molar-refractivity contribution in [1.29, 1.82) is 0 Å². The van der Waals surface area contributed by atoms with Crippen molar-refractivity contribution < 1.29 is 9.63 Å². The van der Waals surface area contributed by atoms with E-state index in [0.717, 1.165) is 13.0 Å². The quantitative estimate of drug-likeness (QED) is 0.412. The molecule has 1 amide bonds. The fraction of sp³-hybridized carbons (Fsp3) is 0.833. The van der Waals surface area contributed by atoms with E-state index in [2.05, 4.69) is 15.6 Å². The smallest absolute Gasteiger partial charge is 0.243 e. The average Bonchev–Trinajstić information content (AvgIpc) is 1.89. The van der Waals surface area contributed by atoms with Crippen LogP contribution in [0.25, 0.3) is 0 Å². The third-order valence-corrected chi connectivity index (χ3v) is 1.05. The van der Waals surface area contributed by atoms with Gasteiger partial charge in [-0.15, -0.1) is 0 Å². The van der Waals surface area contributed by atoms with Gasteiger partial charge in [0.05, 0.1) is 7.11 Å². The van der Waals surface area contributed by atoms with Crippen molar-refractivity contribution in [2.24, 2.45) is 0 Å². The lowest BCUT2D eigenvalue weighted by Crippen LogP contribution is -2.22. The molecule has 0 aliphatic carbocycles. The van der Waals surface area contributed by atoms with E-state index in [-0.39, 0.29) is 5.91 Å². The van der Waals surface area contributed by atoms with Gasteiger partial charge in [0.2, 0.25) is 5.91 Å². The molecule has 0 spiro atoms. The fourth-order valence-corrected chi connectivity index (χ4v) is 0.591. The SMILES string of the molecule is CNCCCC(=O)NOC. The molecule has 0 atom stereocenters. The van der Waals surface area contributed by atoms with Crippen LogP contribution in [0.1, 0.15) is 12.8 Å². The van der Waals surface area contributed by atoms with Crippen LogP contribution in [0.15, 0.2) is 0 Å². The lowest BCUT2D eigenvalue weighted by Gasteiger charge is -2.00. The van der Waals surface area contributed by atoms with Crippen LogP contribution in [-0.4, -0.2) is 26.6 Å². The predicted octanol–water partition coefficient (Wildman–Crippen LogP) is -0.336. The van der Waals surface area contributed by atoms with Crippen LogP contribution in [-0.2, 0) is 9.63 Å². The van der Waals surface area contributed by atoms with E-state index in [0.29, 0.717) is 6.42 Å². The van der Waals surface area contributed by atoms with Gasteiger partial charge in [-0.1, -0.05) is 0 Å². The van der Waals surface area contributed by atoms with Gasteiger partial charge in [-0.3, -0.25) is 9.63 Å². The summed E-state index contributed by atoms with van der Waals surface area (Å²) in [5.74, 6) is -0.0715. The van der Waals surface area contributed by atoms with Gasteiger partial charge in [-0.05, 0) is 20.0 Å². The normalized spacial score (nSPS) is 9.40. The number of rotatable bonds is 5. The Labute approximate surface area is 60.9 Å². The zero-order valence-corrected chi connectivity index (χ0v) is 6.44. The van der Waals surface area contributed by atoms with Crippen LogP contribution >= 0.6 is 0 Å². The van der Waals surface area contributed by atoms with Crippen LogP contribution in [0.4, 0.5) is 0 Å². The predicted molar refractivity (Wildman–Crippen MR) is 38.3 cm³/mol. The minimum atomic E-state index is -0.0715. The Kier molecular flexibility index (Phi) is 6.11. The van der Waals surface area contributed by atoms with E-state index in [9.17, 15) is 4.79 Å². The van der Waals surface area contributed by atoms with Gasteiger partial charge >= 0.3 is 0 Å². The van der Waals surface area contributed by atoms with Crippen LogP contribution in [0.2, 0.25) is 0 Å². The Morgan fingerprint density at radius 2 is 2.30 bits per heavy atom. The third-order valence-electron chi connectivity index (χ3n) is 1.05. The van der Waals surface area contributed by atoms with Gasteiger partial charge in [0.1, 0.15) is 0 Å². The molecule has 0 unspecified atom stereocenters. The summed E-state index contributed by atoms with van der Waals surface area (Å²) in [6, 6.07) is 0. The topological polar surface area (TPSA) is 50.4 Å². The van der Waals surface area contributed by atoms with Gasteiger partial charge < -0.3 is 5.32 Å². The zero-order valence-electron chi connectivity index (χ0n) is 6.44. The highest BCUT2D eigenvalue weighted by Gasteiger charge is 1.96. The van der Waals surface area contributed by atoms with E-state index in [1.807, 2.05) is 7.05 Å². The Bertz CT molecular complexity index is 95.7. The van der Waals surface area contributed by atoms with Crippen molar-refractivity contribution in [3.63, 3.8) is 0 Å². The van der Waals surface area contributed by atoms with Crippen molar-refractivity contribution in [3.05, 3.63) is 0 Å². The largest absolute Gasteiger partial charge is 0.320 e. The first kappa shape index (κ1) is 9.39. The summed E-state index contributed by atoms with van der Waals surface area (Å²) in [7, 11) is 3.28. The van der Waals surface area contributed by atoms with Gasteiger partial charge in [-0.25, -0.2) is 5.48 Å². The van der Waals surface area contributed by atoms with Crippen molar-refractivity contribution in [1.82, 2.24) is 10.8 Å². The molecular weight excluding hydrogens is 132 g/mol. The summed E-state index contributed by atoms with van der Waals surface area (Å²) in [5.41, 5.74) is 2.24. The number of nitrogens with one attached hydrogen (secondary N) is 2. The second-order valence-electron chi connectivity index (χ2n) is 1.94. The van der Waals surface area contributed by atoms with Crippen molar-refractivity contribution in [2.45, 2.75) is 12.8 Å². The van der Waals surface area contributed by atoms with E-state index in [1.54, 1.807) is 0 Å². The molecule has 0 aliphatic rings. The molecular formula is C6H14N2O2. The first-order valence-corrected chi connectivity index (χ1v) is 3.27. The first-order chi connectivity index (χ1) is 4.81. The van der Waals surface area contributed by atoms with Crippen molar-refractivity contribution in [3.8, 4) is 0 Å². The molecule has 0 saturated carbocycles. The zero-order chi connectivity index (χ0) is 7.82. The number of carbonyl (C=O) groups excluding carboxylic acids is 1. The second-order valence-corrected chi connectivity index (χ2v) is 1.94. The number of amides is 1. The molecule has 0 fully saturated rings. The third kappa shape index (κ3) is 5.53. The van der Waals surface area contributed by atoms with Crippen LogP contribution < -0.4 is 10.8 Å². The molecule has 0 aromatic carbocycles. The maximum atomic E-state index is 10.7. The van der Waals surface area contributed by atoms with Gasteiger partial charge in [0.25, 0.3) is 0 Å². The summed E-state index contributed by atoms with van der Waals surface area (Å²) in [5, 5.41) is 2.94. The molecule has 0 heterocycles. The number of hydrogen-bond acceptors (Lipinski definition) is 3. The number of carbonyl (C=O) groups is 1. The average molecular weight is 146 g/mol. The van der Waals surface area contributed by atoms with Gasteiger partial charge in [0.15, 0.2) is 0 Å². The van der Waals surface area contributed by atoms with E-state index in [1.165, 1.54) is 7.11 Å². The molecule has 0 aromatic rings. The Morgan fingerprint density at radius 1 is 1.60 bits per heavy atom. The van der Waals surface area contributed by atoms with Crippen LogP contribution in [0.5, 0.6) is 0 Å². The summed E-state index contributed by atoms with van der Waals surface area (Å²) < 4.78 is 0. The molecule has 10 heavy (non-hydrogen) atoms. The van der Waals surface area contributed by atoms with Crippen LogP contribution in [0, 0.1) is 0 Å². The molecule has 0 radical (unpaired) electrons. The maximum absolute atomic E-state index is 10.7. The van der Waals surface area contributed by atoms with E-state index in [4.69, 9.17) is 0 Å². The molecule has 4 nitrogen and oxygen atoms in total. The molecule has 0 aliphatic heterocycles. The highest BCUT2D eigenvalue weighted by molar-refractivity contribution is 5.74. The molecule has 0 saturated heterocycles. The second kappa shape index (κ2) is 6.51. The molecule has 0 aromatic heterocycles. The highest BCUT2D eigenvalue weighted by atomic mass is 16.6. The Hall–Kier alpha value is -0.610. The lowest BCUT2D eigenvalue weighted by atomic mass is 10.3. The van der Waals surface area contributed by atoms with E-state index >= 15 is 0 Å². The molecule has 2 N–H and O–H groups in total. The number of hydrogen-bond donors (Lipinski definition) is 2. The van der Waals surface area contributed by atoms with Gasteiger partial charge in [0, 0.05) is 6.42 Å². The molecule has 4 heteroatoms. The summed E-state index contributed by atoms with van der Waals surface area (Å²) >= 11 is 0. The van der Waals surface area contributed by atoms with Crippen LogP contribution in [0.3, 0.4) is 0 Å². The monoisotopic (exact) mass is 146 g/mol. The summed E-state index contributed by atoms with van der Waals surface area (Å²) in [4.78, 5) is 15.1. The molecule has 0 bridgehead atoms. The van der Waals surface area contributed by atoms with Gasteiger partial charge in [-0.2, -0.15) is 0 Å². The standard InChI is InChI=1S/C6H14N2O2/c1-7-5-3-4-6(9)8-10-2/h7H,3-5H2,1-2H3,(H,8,9). The minimum Gasteiger partial charge on any atom is -0.320 e. The summed E-state index contributed by atoms with van der Waals surface area (Å²) in [6.45, 7) is 0.858. The lowest BCUT2D eigenvalue weighted by molar-refractivity contribution is -0.131. The van der Waals surface area contributed by atoms with Crippen molar-refractivity contribution >= 4 is 5.91 Å². The summed E-state index contributed by atoms with van der Waals surface area (Å²) in [6.07, 6.45) is 1.35. The first-order valence-electron chi connectivity index (χ1n) is 3.27. The highest BCUT2D eigenvalue weighted by Crippen LogP contribution is 1.85.